The molecule has 3 heteroatoms. The number of amides is 1. The summed E-state index contributed by atoms with van der Waals surface area (Å²) in [4.78, 5) is 9.92. The summed E-state index contributed by atoms with van der Waals surface area (Å²) in [6.45, 7) is 0. The third kappa shape index (κ3) is 2.03. The molecular formula is C9H8N2O. The number of nitrogens with one attached hydrogen (secondary N) is 2. The number of hydrazine groups is 1. The number of rotatable bonds is 3. The first-order valence-corrected chi connectivity index (χ1v) is 3.38. The zero-order valence-corrected chi connectivity index (χ0v) is 6.37. The zero-order chi connectivity index (χ0) is 8.81. The molecule has 0 aliphatic rings. The molecule has 0 aromatic heterocycles. The van der Waals surface area contributed by atoms with Crippen LogP contribution in [0.5, 0.6) is 0 Å². The van der Waals surface area contributed by atoms with Crippen LogP contribution in [0.25, 0.3) is 0 Å². The van der Waals surface area contributed by atoms with Gasteiger partial charge in [-0.3, -0.25) is 15.6 Å². The van der Waals surface area contributed by atoms with Gasteiger partial charge in [0.1, 0.15) is 0 Å². The first kappa shape index (κ1) is 8.15. The topological polar surface area (TPSA) is 41.1 Å². The van der Waals surface area contributed by atoms with Crippen molar-refractivity contribution in [2.24, 2.45) is 0 Å². The third-order valence-corrected chi connectivity index (χ3v) is 1.30. The smallest absolute Gasteiger partial charge is 0.225 e. The Kier molecular flexibility index (Phi) is 2.74. The van der Waals surface area contributed by atoms with Gasteiger partial charge in [0.2, 0.25) is 6.41 Å². The monoisotopic (exact) mass is 160 g/mol. The molecule has 12 heavy (non-hydrogen) atoms. The Balaban J connectivity index is 2.74. The molecule has 0 aliphatic carbocycles. The lowest BCUT2D eigenvalue weighted by Crippen LogP contribution is -2.18. The number of carbonyl (C=O) groups excluding carboxylic acids is 1. The van der Waals surface area contributed by atoms with Crippen molar-refractivity contribution in [3.63, 3.8) is 0 Å². The molecule has 0 saturated heterocycles. The van der Waals surface area contributed by atoms with Crippen molar-refractivity contribution in [2.75, 3.05) is 5.43 Å². The fraction of sp³-hybridized carbons (Fsp3) is 0. The minimum absolute atomic E-state index is 0.558. The molecular weight excluding hydrogens is 152 g/mol. The third-order valence-electron chi connectivity index (χ3n) is 1.30. The van der Waals surface area contributed by atoms with Gasteiger partial charge in [0.15, 0.2) is 0 Å². The maximum atomic E-state index is 9.92. The zero-order valence-electron chi connectivity index (χ0n) is 6.37. The minimum atomic E-state index is 0.558. The fourth-order valence-corrected chi connectivity index (χ4v) is 0.800. The maximum Gasteiger partial charge on any atom is 0.225 e. The van der Waals surface area contributed by atoms with Gasteiger partial charge in [0, 0.05) is 5.56 Å². The summed E-state index contributed by atoms with van der Waals surface area (Å²) in [6, 6.07) is 7.18. The molecule has 0 bridgehead atoms. The molecule has 1 amide bonds. The predicted octanol–water partition coefficient (Wildman–Crippen LogP) is 0.741. The number of terminal acetylenes is 1. The van der Waals surface area contributed by atoms with Crippen LogP contribution in [0.4, 0.5) is 5.69 Å². The molecule has 0 unspecified atom stereocenters. The van der Waals surface area contributed by atoms with Crippen LogP contribution in [0.1, 0.15) is 5.56 Å². The fourth-order valence-electron chi connectivity index (χ4n) is 0.800. The summed E-state index contributed by atoms with van der Waals surface area (Å²) in [5, 5.41) is 0. The number of benzene rings is 1. The van der Waals surface area contributed by atoms with Gasteiger partial charge in [-0.1, -0.05) is 12.0 Å². The second kappa shape index (κ2) is 4.04. The van der Waals surface area contributed by atoms with Crippen molar-refractivity contribution in [3.05, 3.63) is 29.8 Å². The summed E-state index contributed by atoms with van der Waals surface area (Å²) < 4.78 is 0. The van der Waals surface area contributed by atoms with Gasteiger partial charge in [0.05, 0.1) is 5.69 Å². The lowest BCUT2D eigenvalue weighted by Gasteiger charge is -2.02. The molecule has 0 saturated carbocycles. The quantitative estimate of drug-likeness (QED) is 0.389. The Bertz CT molecular complexity index is 315. The van der Waals surface area contributed by atoms with Gasteiger partial charge in [-0.15, -0.1) is 6.42 Å². The van der Waals surface area contributed by atoms with E-state index in [-0.39, 0.29) is 0 Å². The normalized spacial score (nSPS) is 8.25. The van der Waals surface area contributed by atoms with E-state index in [1.165, 1.54) is 0 Å². The Hall–Kier alpha value is -1.95. The van der Waals surface area contributed by atoms with Crippen molar-refractivity contribution < 1.29 is 4.79 Å². The van der Waals surface area contributed by atoms with Crippen LogP contribution in [-0.2, 0) is 4.79 Å². The molecule has 1 aromatic rings. The molecule has 0 fully saturated rings. The molecule has 60 valence electrons. The number of anilines is 1. The van der Waals surface area contributed by atoms with Crippen LogP contribution in [0.15, 0.2) is 24.3 Å². The molecule has 1 rings (SSSR count). The average Bonchev–Trinajstić information content (AvgIpc) is 2.15. The van der Waals surface area contributed by atoms with Crippen molar-refractivity contribution in [3.8, 4) is 12.3 Å². The van der Waals surface area contributed by atoms with Crippen LogP contribution in [0.2, 0.25) is 0 Å². The van der Waals surface area contributed by atoms with Crippen molar-refractivity contribution >= 4 is 12.1 Å². The average molecular weight is 160 g/mol. The Morgan fingerprint density at radius 2 is 2.33 bits per heavy atom. The highest BCUT2D eigenvalue weighted by atomic mass is 16.1. The molecule has 3 nitrogen and oxygen atoms in total. The molecule has 2 N–H and O–H groups in total. The summed E-state index contributed by atoms with van der Waals surface area (Å²) in [5.74, 6) is 2.49. The van der Waals surface area contributed by atoms with Crippen molar-refractivity contribution in [1.29, 1.82) is 0 Å². The van der Waals surface area contributed by atoms with Crippen LogP contribution in [0.3, 0.4) is 0 Å². The van der Waals surface area contributed by atoms with E-state index in [1.54, 1.807) is 12.1 Å². The summed E-state index contributed by atoms with van der Waals surface area (Å²) in [6.07, 6.45) is 5.74. The second-order valence-electron chi connectivity index (χ2n) is 2.11. The van der Waals surface area contributed by atoms with E-state index in [9.17, 15) is 4.79 Å². The van der Waals surface area contributed by atoms with Gasteiger partial charge in [0.25, 0.3) is 0 Å². The van der Waals surface area contributed by atoms with Gasteiger partial charge >= 0.3 is 0 Å². The van der Waals surface area contributed by atoms with E-state index in [0.29, 0.717) is 6.41 Å². The lowest BCUT2D eigenvalue weighted by molar-refractivity contribution is -0.109. The standard InChI is InChI=1S/C9H8N2O/c1-2-8-4-3-5-9(6-8)11-10-7-12/h1,3-7,11H,(H,10,12). The van der Waals surface area contributed by atoms with E-state index >= 15 is 0 Å². The molecule has 0 radical (unpaired) electrons. The molecule has 0 atom stereocenters. The van der Waals surface area contributed by atoms with Gasteiger partial charge in [-0.05, 0) is 18.2 Å². The highest BCUT2D eigenvalue weighted by molar-refractivity contribution is 5.55. The first-order chi connectivity index (χ1) is 5.86. The maximum absolute atomic E-state index is 9.92. The van der Waals surface area contributed by atoms with Crippen LogP contribution >= 0.6 is 0 Å². The van der Waals surface area contributed by atoms with Gasteiger partial charge < -0.3 is 0 Å². The van der Waals surface area contributed by atoms with Crippen LogP contribution in [0, 0.1) is 12.3 Å². The Morgan fingerprint density at radius 1 is 1.50 bits per heavy atom. The molecule has 0 heterocycles. The number of hydrogen-bond donors (Lipinski definition) is 2. The summed E-state index contributed by atoms with van der Waals surface area (Å²) in [7, 11) is 0. The Labute approximate surface area is 70.8 Å². The second-order valence-corrected chi connectivity index (χ2v) is 2.11. The van der Waals surface area contributed by atoms with E-state index in [4.69, 9.17) is 6.42 Å². The van der Waals surface area contributed by atoms with Crippen LogP contribution in [-0.4, -0.2) is 6.41 Å². The van der Waals surface area contributed by atoms with E-state index < -0.39 is 0 Å². The van der Waals surface area contributed by atoms with Gasteiger partial charge in [-0.2, -0.15) is 0 Å². The number of carbonyl (C=O) groups is 1. The van der Waals surface area contributed by atoms with Crippen LogP contribution < -0.4 is 10.9 Å². The van der Waals surface area contributed by atoms with E-state index in [1.807, 2.05) is 12.1 Å². The van der Waals surface area contributed by atoms with Crippen molar-refractivity contribution in [2.45, 2.75) is 0 Å². The summed E-state index contributed by atoms with van der Waals surface area (Å²) >= 11 is 0. The van der Waals surface area contributed by atoms with E-state index in [2.05, 4.69) is 16.8 Å². The number of hydrogen-bond acceptors (Lipinski definition) is 2. The lowest BCUT2D eigenvalue weighted by atomic mass is 10.2. The summed E-state index contributed by atoms with van der Waals surface area (Å²) in [5.41, 5.74) is 6.50. The van der Waals surface area contributed by atoms with E-state index in [0.717, 1.165) is 11.3 Å². The van der Waals surface area contributed by atoms with Gasteiger partial charge in [-0.25, -0.2) is 0 Å². The molecule has 0 aliphatic heterocycles. The molecule has 1 aromatic carbocycles. The SMILES string of the molecule is C#Cc1cccc(NNC=O)c1. The largest absolute Gasteiger partial charge is 0.299 e. The Morgan fingerprint density at radius 3 is 3.00 bits per heavy atom. The first-order valence-electron chi connectivity index (χ1n) is 3.38. The minimum Gasteiger partial charge on any atom is -0.299 e. The van der Waals surface area contributed by atoms with Crippen molar-refractivity contribution in [1.82, 2.24) is 5.43 Å². The highest BCUT2D eigenvalue weighted by Gasteiger charge is 1.90. The highest BCUT2D eigenvalue weighted by Crippen LogP contribution is 2.07. The molecule has 0 spiro atoms. The predicted molar refractivity (Wildman–Crippen MR) is 47.2 cm³/mol.